The highest BCUT2D eigenvalue weighted by molar-refractivity contribution is 14.1. The van der Waals surface area contributed by atoms with E-state index in [4.69, 9.17) is 15.9 Å². The molecule has 5 heteroatoms. The van der Waals surface area contributed by atoms with Crippen molar-refractivity contribution in [3.63, 3.8) is 0 Å². The third-order valence-electron chi connectivity index (χ3n) is 2.07. The number of benzene rings is 1. The molecule has 0 heterocycles. The molecule has 0 unspecified atom stereocenters. The first-order valence-electron chi connectivity index (χ1n) is 4.77. The van der Waals surface area contributed by atoms with Crippen molar-refractivity contribution in [2.45, 2.75) is 0 Å². The summed E-state index contributed by atoms with van der Waals surface area (Å²) in [7, 11) is 3.07. The van der Waals surface area contributed by atoms with E-state index in [1.54, 1.807) is 19.2 Å². The summed E-state index contributed by atoms with van der Waals surface area (Å²) in [6.07, 6.45) is 5.08. The van der Waals surface area contributed by atoms with Gasteiger partial charge in [0.1, 0.15) is 0 Å². The second-order valence-corrected chi connectivity index (χ2v) is 4.24. The third-order valence-corrected chi connectivity index (χ3v) is 2.96. The molecule has 0 bridgehead atoms. The van der Waals surface area contributed by atoms with Crippen molar-refractivity contribution in [3.8, 4) is 23.8 Å². The van der Waals surface area contributed by atoms with Crippen molar-refractivity contribution < 1.29 is 14.3 Å². The molecule has 0 atom stereocenters. The van der Waals surface area contributed by atoms with Crippen LogP contribution in [0.4, 0.5) is 0 Å². The summed E-state index contributed by atoms with van der Waals surface area (Å²) < 4.78 is 11.0. The Morgan fingerprint density at radius 2 is 2.00 bits per heavy atom. The van der Waals surface area contributed by atoms with Crippen molar-refractivity contribution in [1.29, 1.82) is 0 Å². The fraction of sp³-hybridized carbons (Fsp3) is 0.250. The van der Waals surface area contributed by atoms with E-state index >= 15 is 0 Å². The molecule has 1 rings (SSSR count). The van der Waals surface area contributed by atoms with E-state index in [0.717, 1.165) is 3.57 Å². The lowest BCUT2D eigenvalue weighted by Gasteiger charge is -2.11. The Bertz CT molecular complexity index is 466. The molecule has 1 aromatic carbocycles. The van der Waals surface area contributed by atoms with Gasteiger partial charge in [-0.3, -0.25) is 4.79 Å². The van der Waals surface area contributed by atoms with E-state index in [-0.39, 0.29) is 12.5 Å². The minimum Gasteiger partial charge on any atom is -0.493 e. The molecule has 0 spiro atoms. The van der Waals surface area contributed by atoms with E-state index in [1.807, 2.05) is 0 Å². The van der Waals surface area contributed by atoms with Crippen molar-refractivity contribution in [2.75, 3.05) is 20.8 Å². The first kappa shape index (κ1) is 13.6. The standard InChI is InChI=1S/C12H12INO3/c1-4-5-14-12(15)8-6-10(16-2)11(17-3)7-9(8)13/h1,6-7H,5H2,2-3H3,(H,14,15). The van der Waals surface area contributed by atoms with Gasteiger partial charge in [0.25, 0.3) is 5.91 Å². The molecule has 1 aromatic rings. The van der Waals surface area contributed by atoms with E-state index in [2.05, 4.69) is 33.8 Å². The van der Waals surface area contributed by atoms with Gasteiger partial charge in [-0.1, -0.05) is 5.92 Å². The predicted octanol–water partition coefficient (Wildman–Crippen LogP) is 1.67. The molecule has 0 aliphatic rings. The largest absolute Gasteiger partial charge is 0.493 e. The second-order valence-electron chi connectivity index (χ2n) is 3.07. The zero-order valence-electron chi connectivity index (χ0n) is 9.54. The van der Waals surface area contributed by atoms with Gasteiger partial charge in [0.2, 0.25) is 0 Å². The maximum absolute atomic E-state index is 11.8. The van der Waals surface area contributed by atoms with Crippen LogP contribution in [-0.4, -0.2) is 26.7 Å². The van der Waals surface area contributed by atoms with Gasteiger partial charge in [-0.2, -0.15) is 0 Å². The van der Waals surface area contributed by atoms with Crippen molar-refractivity contribution >= 4 is 28.5 Å². The molecule has 90 valence electrons. The zero-order valence-corrected chi connectivity index (χ0v) is 11.7. The number of hydrogen-bond donors (Lipinski definition) is 1. The summed E-state index contributed by atoms with van der Waals surface area (Å²) >= 11 is 2.06. The van der Waals surface area contributed by atoms with E-state index in [1.165, 1.54) is 7.11 Å². The molecule has 1 amide bonds. The average molecular weight is 345 g/mol. The number of amides is 1. The maximum Gasteiger partial charge on any atom is 0.253 e. The highest BCUT2D eigenvalue weighted by Gasteiger charge is 2.14. The van der Waals surface area contributed by atoms with Crippen molar-refractivity contribution in [3.05, 3.63) is 21.3 Å². The number of carbonyl (C=O) groups is 1. The van der Waals surface area contributed by atoms with Gasteiger partial charge in [-0.05, 0) is 34.7 Å². The van der Waals surface area contributed by atoms with Crippen LogP contribution in [0.2, 0.25) is 0 Å². The number of carbonyl (C=O) groups excluding carboxylic acids is 1. The maximum atomic E-state index is 11.8. The first-order valence-corrected chi connectivity index (χ1v) is 5.85. The summed E-state index contributed by atoms with van der Waals surface area (Å²) in [5.41, 5.74) is 0.513. The lowest BCUT2D eigenvalue weighted by molar-refractivity contribution is 0.0957. The van der Waals surface area contributed by atoms with Crippen LogP contribution in [-0.2, 0) is 0 Å². The molecule has 0 saturated carbocycles. The average Bonchev–Trinajstić information content (AvgIpc) is 2.35. The third kappa shape index (κ3) is 3.27. The number of nitrogens with one attached hydrogen (secondary N) is 1. The topological polar surface area (TPSA) is 47.6 Å². The van der Waals surface area contributed by atoms with Gasteiger partial charge in [0, 0.05) is 3.57 Å². The monoisotopic (exact) mass is 345 g/mol. The van der Waals surface area contributed by atoms with Crippen molar-refractivity contribution in [2.24, 2.45) is 0 Å². The second kappa shape index (κ2) is 6.35. The van der Waals surface area contributed by atoms with Gasteiger partial charge in [-0.25, -0.2) is 0 Å². The summed E-state index contributed by atoms with van der Waals surface area (Å²) in [4.78, 5) is 11.8. The predicted molar refractivity (Wildman–Crippen MR) is 73.4 cm³/mol. The van der Waals surface area contributed by atoms with Crippen LogP contribution < -0.4 is 14.8 Å². The lowest BCUT2D eigenvalue weighted by atomic mass is 10.2. The molecule has 0 fully saturated rings. The summed E-state index contributed by atoms with van der Waals surface area (Å²) in [5, 5.41) is 2.60. The van der Waals surface area contributed by atoms with Crippen LogP contribution in [0, 0.1) is 15.9 Å². The molecule has 0 radical (unpaired) electrons. The fourth-order valence-corrected chi connectivity index (χ4v) is 1.94. The fourth-order valence-electron chi connectivity index (χ4n) is 1.25. The van der Waals surface area contributed by atoms with Gasteiger partial charge >= 0.3 is 0 Å². The summed E-state index contributed by atoms with van der Waals surface area (Å²) in [5.74, 6) is 3.22. The van der Waals surface area contributed by atoms with Gasteiger partial charge < -0.3 is 14.8 Å². The Hall–Kier alpha value is -1.42. The van der Waals surface area contributed by atoms with Crippen LogP contribution in [0.15, 0.2) is 12.1 Å². The van der Waals surface area contributed by atoms with Crippen LogP contribution in [0.25, 0.3) is 0 Å². The zero-order chi connectivity index (χ0) is 12.8. The number of halogens is 1. The van der Waals surface area contributed by atoms with Crippen LogP contribution >= 0.6 is 22.6 Å². The highest BCUT2D eigenvalue weighted by atomic mass is 127. The number of terminal acetylenes is 1. The minimum atomic E-state index is -0.228. The number of hydrogen-bond acceptors (Lipinski definition) is 3. The molecule has 0 aliphatic heterocycles. The Morgan fingerprint density at radius 1 is 1.41 bits per heavy atom. The van der Waals surface area contributed by atoms with Crippen LogP contribution in [0.5, 0.6) is 11.5 Å². The Morgan fingerprint density at radius 3 is 2.53 bits per heavy atom. The number of ether oxygens (including phenoxy) is 2. The molecule has 17 heavy (non-hydrogen) atoms. The molecule has 4 nitrogen and oxygen atoms in total. The molecule has 1 N–H and O–H groups in total. The molecule has 0 saturated heterocycles. The molecule has 0 aromatic heterocycles. The Labute approximate surface area is 114 Å². The van der Waals surface area contributed by atoms with Crippen molar-refractivity contribution in [1.82, 2.24) is 5.32 Å². The van der Waals surface area contributed by atoms with Crippen LogP contribution in [0.1, 0.15) is 10.4 Å². The van der Waals surface area contributed by atoms with Gasteiger partial charge in [-0.15, -0.1) is 6.42 Å². The SMILES string of the molecule is C#CCNC(=O)c1cc(OC)c(OC)cc1I. The normalized spacial score (nSPS) is 9.29. The number of methoxy groups -OCH3 is 2. The van der Waals surface area contributed by atoms with E-state index < -0.39 is 0 Å². The van der Waals surface area contributed by atoms with Crippen LogP contribution in [0.3, 0.4) is 0 Å². The quantitative estimate of drug-likeness (QED) is 0.667. The lowest BCUT2D eigenvalue weighted by Crippen LogP contribution is -2.24. The van der Waals surface area contributed by atoms with E-state index in [9.17, 15) is 4.79 Å². The Kier molecular flexibility index (Phi) is 5.10. The molecule has 0 aliphatic carbocycles. The summed E-state index contributed by atoms with van der Waals surface area (Å²) in [6.45, 7) is 0.198. The molecular formula is C12H12INO3. The highest BCUT2D eigenvalue weighted by Crippen LogP contribution is 2.31. The van der Waals surface area contributed by atoms with Gasteiger partial charge in [0.05, 0.1) is 26.3 Å². The minimum absolute atomic E-state index is 0.198. The smallest absolute Gasteiger partial charge is 0.253 e. The summed E-state index contributed by atoms with van der Waals surface area (Å²) in [6, 6.07) is 3.37. The Balaban J connectivity index is 3.09. The molecular weight excluding hydrogens is 333 g/mol. The first-order chi connectivity index (χ1) is 8.13. The van der Waals surface area contributed by atoms with E-state index in [0.29, 0.717) is 17.1 Å². The number of rotatable bonds is 4. The van der Waals surface area contributed by atoms with Gasteiger partial charge in [0.15, 0.2) is 11.5 Å².